The maximum Gasteiger partial charge on any atom is 0.239 e. The Balaban J connectivity index is 0.00000576. The topological polar surface area (TPSA) is 93.5 Å². The van der Waals surface area contributed by atoms with E-state index < -0.39 is 6.04 Å². The van der Waals surface area contributed by atoms with E-state index in [0.717, 1.165) is 5.75 Å². The maximum atomic E-state index is 11.6. The molecule has 0 aliphatic rings. The summed E-state index contributed by atoms with van der Waals surface area (Å²) < 4.78 is 5.56. The first-order chi connectivity index (χ1) is 11.3. The van der Waals surface area contributed by atoms with Gasteiger partial charge in [0.15, 0.2) is 0 Å². The summed E-state index contributed by atoms with van der Waals surface area (Å²) in [5.41, 5.74) is 6.95. The molecule has 0 bridgehead atoms. The summed E-state index contributed by atoms with van der Waals surface area (Å²) in [7, 11) is 0. The molecule has 6 nitrogen and oxygen atoms in total. The lowest BCUT2D eigenvalue weighted by Crippen LogP contribution is -2.47. The highest BCUT2D eigenvalue weighted by Gasteiger charge is 2.17. The van der Waals surface area contributed by atoms with Crippen molar-refractivity contribution in [1.82, 2.24) is 10.6 Å². The molecule has 0 heterocycles. The van der Waals surface area contributed by atoms with Crippen LogP contribution in [0.4, 0.5) is 0 Å². The van der Waals surface area contributed by atoms with Crippen LogP contribution in [0.5, 0.6) is 5.75 Å². The predicted octanol–water partition coefficient (Wildman–Crippen LogP) is 1.83. The Morgan fingerprint density at radius 1 is 1.08 bits per heavy atom. The molecule has 0 saturated heterocycles. The van der Waals surface area contributed by atoms with Gasteiger partial charge in [0.2, 0.25) is 11.8 Å². The predicted molar refractivity (Wildman–Crippen MR) is 102 cm³/mol. The second-order valence-corrected chi connectivity index (χ2v) is 6.41. The molecule has 1 aromatic carbocycles. The monoisotopic (exact) mass is 371 g/mol. The summed E-state index contributed by atoms with van der Waals surface area (Å²) in [6, 6.07) is 7.31. The van der Waals surface area contributed by atoms with Crippen molar-refractivity contribution in [3.8, 4) is 5.75 Å². The lowest BCUT2D eigenvalue weighted by atomic mass is 10.0. The number of carbonyl (C=O) groups excluding carboxylic acids is 2. The zero-order chi connectivity index (χ0) is 18.1. The van der Waals surface area contributed by atoms with Crippen molar-refractivity contribution < 1.29 is 14.3 Å². The number of amides is 2. The Hall–Kier alpha value is -1.79. The molecule has 0 unspecified atom stereocenters. The van der Waals surface area contributed by atoms with Crippen LogP contribution in [0, 0.1) is 5.92 Å². The van der Waals surface area contributed by atoms with Gasteiger partial charge in [-0.2, -0.15) is 0 Å². The molecule has 1 aromatic rings. The molecule has 0 saturated carbocycles. The molecule has 0 aliphatic heterocycles. The molecular weight excluding hydrogens is 342 g/mol. The average molecular weight is 372 g/mol. The van der Waals surface area contributed by atoms with E-state index in [4.69, 9.17) is 10.5 Å². The number of hydrogen-bond acceptors (Lipinski definition) is 4. The van der Waals surface area contributed by atoms with Crippen molar-refractivity contribution in [2.45, 2.75) is 39.7 Å². The van der Waals surface area contributed by atoms with Crippen LogP contribution >= 0.6 is 12.4 Å². The van der Waals surface area contributed by atoms with Crippen LogP contribution in [0.25, 0.3) is 0 Å². The summed E-state index contributed by atoms with van der Waals surface area (Å²) in [5, 5.41) is 5.21. The van der Waals surface area contributed by atoms with Gasteiger partial charge in [0, 0.05) is 0 Å². The normalized spacial score (nSPS) is 11.6. The van der Waals surface area contributed by atoms with Crippen molar-refractivity contribution >= 4 is 24.2 Å². The number of benzene rings is 1. The molecule has 25 heavy (non-hydrogen) atoms. The zero-order valence-corrected chi connectivity index (χ0v) is 16.2. The fourth-order valence-electron chi connectivity index (χ4n) is 1.96. The second-order valence-electron chi connectivity index (χ2n) is 6.41. The van der Waals surface area contributed by atoms with Gasteiger partial charge in [0.05, 0.1) is 19.1 Å². The molecule has 0 fully saturated rings. The van der Waals surface area contributed by atoms with Crippen molar-refractivity contribution in [2.24, 2.45) is 11.7 Å². The first kappa shape index (κ1) is 23.2. The van der Waals surface area contributed by atoms with Crippen molar-refractivity contribution in [1.29, 1.82) is 0 Å². The van der Waals surface area contributed by atoms with Crippen LogP contribution in [0.2, 0.25) is 0 Å². The molecule has 4 N–H and O–H groups in total. The Morgan fingerprint density at radius 2 is 1.68 bits per heavy atom. The molecule has 2 amide bonds. The molecule has 1 rings (SSSR count). The molecule has 0 aromatic heterocycles. The summed E-state index contributed by atoms with van der Waals surface area (Å²) in [6.45, 7) is 8.65. The van der Waals surface area contributed by atoms with Gasteiger partial charge in [0.1, 0.15) is 12.4 Å². The zero-order valence-electron chi connectivity index (χ0n) is 15.4. The van der Waals surface area contributed by atoms with Crippen LogP contribution in [0.3, 0.4) is 0 Å². The van der Waals surface area contributed by atoms with Crippen molar-refractivity contribution in [2.75, 3.05) is 19.7 Å². The molecule has 0 spiro atoms. The van der Waals surface area contributed by atoms with Gasteiger partial charge < -0.3 is 21.1 Å². The fraction of sp³-hybridized carbons (Fsp3) is 0.556. The van der Waals surface area contributed by atoms with Crippen LogP contribution in [-0.4, -0.2) is 37.6 Å². The molecular formula is C18H30ClN3O3. The fourth-order valence-corrected chi connectivity index (χ4v) is 1.96. The standard InChI is InChI=1S/C18H29N3O3.ClH/c1-12(2)14-5-7-15(8-6-14)24-10-9-20-16(22)11-21-18(23)17(19)13(3)4;/h5-8,12-13,17H,9-11,19H2,1-4H3,(H,20,22)(H,21,23);1H/t17-;/m0./s1. The summed E-state index contributed by atoms with van der Waals surface area (Å²) in [4.78, 5) is 23.3. The van der Waals surface area contributed by atoms with E-state index >= 15 is 0 Å². The van der Waals surface area contributed by atoms with Gasteiger partial charge in [-0.3, -0.25) is 9.59 Å². The first-order valence-corrected chi connectivity index (χ1v) is 8.34. The largest absolute Gasteiger partial charge is 0.492 e. The van der Waals surface area contributed by atoms with Crippen molar-refractivity contribution in [3.63, 3.8) is 0 Å². The van der Waals surface area contributed by atoms with E-state index in [-0.39, 0.29) is 36.7 Å². The van der Waals surface area contributed by atoms with E-state index in [1.54, 1.807) is 0 Å². The van der Waals surface area contributed by atoms with Crippen LogP contribution in [0.15, 0.2) is 24.3 Å². The Morgan fingerprint density at radius 3 is 2.20 bits per heavy atom. The number of rotatable bonds is 9. The quantitative estimate of drug-likeness (QED) is 0.577. The van der Waals surface area contributed by atoms with Crippen LogP contribution in [0.1, 0.15) is 39.2 Å². The Labute approximate surface area is 156 Å². The van der Waals surface area contributed by atoms with E-state index in [9.17, 15) is 9.59 Å². The van der Waals surface area contributed by atoms with E-state index in [1.165, 1.54) is 5.56 Å². The van der Waals surface area contributed by atoms with Gasteiger partial charge in [-0.05, 0) is 29.5 Å². The Bertz CT molecular complexity index is 533. The minimum atomic E-state index is -0.602. The lowest BCUT2D eigenvalue weighted by molar-refractivity contribution is -0.127. The highest BCUT2D eigenvalue weighted by Crippen LogP contribution is 2.18. The number of hydrogen-bond donors (Lipinski definition) is 3. The average Bonchev–Trinajstić information content (AvgIpc) is 2.56. The van der Waals surface area contributed by atoms with Gasteiger partial charge >= 0.3 is 0 Å². The second kappa shape index (κ2) is 11.7. The van der Waals surface area contributed by atoms with E-state index in [0.29, 0.717) is 19.1 Å². The number of ether oxygens (including phenoxy) is 1. The lowest BCUT2D eigenvalue weighted by Gasteiger charge is -2.15. The molecule has 0 aliphatic carbocycles. The highest BCUT2D eigenvalue weighted by atomic mass is 35.5. The number of nitrogens with two attached hydrogens (primary N) is 1. The van der Waals surface area contributed by atoms with E-state index in [2.05, 4.69) is 24.5 Å². The smallest absolute Gasteiger partial charge is 0.239 e. The van der Waals surface area contributed by atoms with Gasteiger partial charge in [-0.1, -0.05) is 39.8 Å². The number of halogens is 1. The summed E-state index contributed by atoms with van der Waals surface area (Å²) in [5.74, 6) is 0.700. The van der Waals surface area contributed by atoms with E-state index in [1.807, 2.05) is 38.1 Å². The van der Waals surface area contributed by atoms with Crippen LogP contribution in [-0.2, 0) is 9.59 Å². The summed E-state index contributed by atoms with van der Waals surface area (Å²) in [6.07, 6.45) is 0. The SMILES string of the molecule is CC(C)c1ccc(OCCNC(=O)CNC(=O)[C@@H](N)C(C)C)cc1.Cl. The molecule has 142 valence electrons. The maximum absolute atomic E-state index is 11.6. The Kier molecular flexibility index (Phi) is 10.9. The third-order valence-electron chi connectivity index (χ3n) is 3.68. The third kappa shape index (κ3) is 8.74. The summed E-state index contributed by atoms with van der Waals surface area (Å²) >= 11 is 0. The highest BCUT2D eigenvalue weighted by molar-refractivity contribution is 5.87. The van der Waals surface area contributed by atoms with Gasteiger partial charge in [-0.25, -0.2) is 0 Å². The molecule has 7 heteroatoms. The third-order valence-corrected chi connectivity index (χ3v) is 3.68. The molecule has 0 radical (unpaired) electrons. The minimum absolute atomic E-state index is 0. The number of nitrogens with one attached hydrogen (secondary N) is 2. The van der Waals surface area contributed by atoms with Gasteiger partial charge in [0.25, 0.3) is 0 Å². The molecule has 1 atom stereocenters. The van der Waals surface area contributed by atoms with Crippen molar-refractivity contribution in [3.05, 3.63) is 29.8 Å². The number of carbonyl (C=O) groups is 2. The first-order valence-electron chi connectivity index (χ1n) is 8.34. The van der Waals surface area contributed by atoms with Gasteiger partial charge in [-0.15, -0.1) is 12.4 Å². The minimum Gasteiger partial charge on any atom is -0.492 e. The van der Waals surface area contributed by atoms with Crippen LogP contribution < -0.4 is 21.1 Å².